The summed E-state index contributed by atoms with van der Waals surface area (Å²) in [6.07, 6.45) is 0. The zero-order valence-corrected chi connectivity index (χ0v) is 13.7. The molecule has 0 aliphatic carbocycles. The summed E-state index contributed by atoms with van der Waals surface area (Å²) in [4.78, 5) is 15.5. The molecule has 2 aromatic rings. The van der Waals surface area contributed by atoms with Crippen molar-refractivity contribution in [3.63, 3.8) is 0 Å². The summed E-state index contributed by atoms with van der Waals surface area (Å²) in [5.74, 6) is 2.00. The van der Waals surface area contributed by atoms with Crippen molar-refractivity contribution in [2.24, 2.45) is 0 Å². The highest BCUT2D eigenvalue weighted by Crippen LogP contribution is 2.27. The Morgan fingerprint density at radius 2 is 1.62 bits per heavy atom. The zero-order valence-electron chi connectivity index (χ0n) is 13.7. The molecular weight excluding hydrogens is 262 g/mol. The van der Waals surface area contributed by atoms with Crippen LogP contribution in [-0.4, -0.2) is 35.6 Å². The van der Waals surface area contributed by atoms with E-state index in [2.05, 4.69) is 53.2 Å². The highest BCUT2D eigenvalue weighted by Gasteiger charge is 2.14. The highest BCUT2D eigenvalue weighted by atomic mass is 15.3. The molecule has 0 aliphatic heterocycles. The van der Waals surface area contributed by atoms with Crippen LogP contribution in [0, 0.1) is 20.8 Å². The van der Waals surface area contributed by atoms with E-state index >= 15 is 0 Å². The van der Waals surface area contributed by atoms with Crippen LogP contribution in [0.2, 0.25) is 0 Å². The van der Waals surface area contributed by atoms with Gasteiger partial charge < -0.3 is 10.2 Å². The lowest BCUT2D eigenvalue weighted by Gasteiger charge is -2.15. The molecule has 21 heavy (non-hydrogen) atoms. The van der Waals surface area contributed by atoms with Crippen molar-refractivity contribution in [3.05, 3.63) is 28.8 Å². The average Bonchev–Trinajstić information content (AvgIpc) is 2.37. The topological polar surface area (TPSA) is 53.9 Å². The first kappa shape index (κ1) is 15.2. The number of aryl methyl sites for hydroxylation is 3. The minimum Gasteiger partial charge on any atom is -0.354 e. The Morgan fingerprint density at radius 3 is 2.14 bits per heavy atom. The molecule has 0 atom stereocenters. The van der Waals surface area contributed by atoms with Gasteiger partial charge in [-0.1, -0.05) is 17.7 Å². The van der Waals surface area contributed by atoms with Gasteiger partial charge in [0.15, 0.2) is 5.82 Å². The third kappa shape index (κ3) is 3.29. The van der Waals surface area contributed by atoms with Crippen molar-refractivity contribution in [1.82, 2.24) is 15.0 Å². The van der Waals surface area contributed by atoms with E-state index < -0.39 is 0 Å². The van der Waals surface area contributed by atoms with E-state index in [9.17, 15) is 0 Å². The largest absolute Gasteiger partial charge is 0.354 e. The summed E-state index contributed by atoms with van der Waals surface area (Å²) in [5, 5.41) is 3.17. The Morgan fingerprint density at radius 1 is 1.00 bits per heavy atom. The highest BCUT2D eigenvalue weighted by molar-refractivity contribution is 5.67. The van der Waals surface area contributed by atoms with Crippen LogP contribution in [0.1, 0.15) is 23.6 Å². The van der Waals surface area contributed by atoms with Gasteiger partial charge in [0.2, 0.25) is 11.9 Å². The molecule has 1 aromatic carbocycles. The summed E-state index contributed by atoms with van der Waals surface area (Å²) in [6, 6.07) is 4.32. The van der Waals surface area contributed by atoms with Crippen molar-refractivity contribution in [1.29, 1.82) is 0 Å². The zero-order chi connectivity index (χ0) is 15.6. The maximum Gasteiger partial charge on any atom is 0.230 e. The number of nitrogens with zero attached hydrogens (tertiary/aromatic N) is 4. The van der Waals surface area contributed by atoms with E-state index in [1.807, 2.05) is 25.9 Å². The first-order valence-electron chi connectivity index (χ1n) is 7.18. The summed E-state index contributed by atoms with van der Waals surface area (Å²) >= 11 is 0. The molecule has 0 aliphatic rings. The van der Waals surface area contributed by atoms with E-state index in [4.69, 9.17) is 0 Å². The maximum atomic E-state index is 4.60. The fourth-order valence-corrected chi connectivity index (χ4v) is 2.45. The molecule has 0 spiro atoms. The lowest BCUT2D eigenvalue weighted by Crippen LogP contribution is -2.16. The molecule has 0 radical (unpaired) electrons. The van der Waals surface area contributed by atoms with Crippen molar-refractivity contribution < 1.29 is 0 Å². The van der Waals surface area contributed by atoms with Gasteiger partial charge in [0.05, 0.1) is 0 Å². The first-order chi connectivity index (χ1) is 9.92. The van der Waals surface area contributed by atoms with Crippen LogP contribution in [0.3, 0.4) is 0 Å². The van der Waals surface area contributed by atoms with Gasteiger partial charge in [-0.25, -0.2) is 0 Å². The van der Waals surface area contributed by atoms with Crippen LogP contribution < -0.4 is 10.2 Å². The van der Waals surface area contributed by atoms with Gasteiger partial charge in [-0.05, 0) is 38.8 Å². The number of aromatic nitrogens is 3. The molecule has 0 bridgehead atoms. The lowest BCUT2D eigenvalue weighted by molar-refractivity contribution is 0.951. The van der Waals surface area contributed by atoms with E-state index in [0.29, 0.717) is 11.9 Å². The van der Waals surface area contributed by atoms with Crippen molar-refractivity contribution >= 4 is 11.9 Å². The van der Waals surface area contributed by atoms with Crippen LogP contribution in [0.25, 0.3) is 11.4 Å². The van der Waals surface area contributed by atoms with Gasteiger partial charge in [0.1, 0.15) is 0 Å². The minimum absolute atomic E-state index is 0.616. The fourth-order valence-electron chi connectivity index (χ4n) is 2.45. The van der Waals surface area contributed by atoms with Gasteiger partial charge in [0, 0.05) is 26.2 Å². The monoisotopic (exact) mass is 285 g/mol. The van der Waals surface area contributed by atoms with Crippen molar-refractivity contribution in [2.75, 3.05) is 30.9 Å². The van der Waals surface area contributed by atoms with E-state index in [-0.39, 0.29) is 0 Å². The second-order valence-corrected chi connectivity index (χ2v) is 5.48. The van der Waals surface area contributed by atoms with Gasteiger partial charge >= 0.3 is 0 Å². The molecule has 0 saturated carbocycles. The Kier molecular flexibility index (Phi) is 4.40. The summed E-state index contributed by atoms with van der Waals surface area (Å²) in [5.41, 5.74) is 4.71. The molecule has 0 unspecified atom stereocenters. The van der Waals surface area contributed by atoms with Crippen LogP contribution in [0.4, 0.5) is 11.9 Å². The normalized spacial score (nSPS) is 10.6. The number of rotatable bonds is 4. The van der Waals surface area contributed by atoms with Gasteiger partial charge in [0.25, 0.3) is 0 Å². The first-order valence-corrected chi connectivity index (χ1v) is 7.18. The predicted molar refractivity (Wildman–Crippen MR) is 88.0 cm³/mol. The number of nitrogens with one attached hydrogen (secondary N) is 1. The van der Waals surface area contributed by atoms with E-state index in [1.54, 1.807) is 0 Å². The molecule has 1 heterocycles. The Hall–Kier alpha value is -2.17. The van der Waals surface area contributed by atoms with Crippen LogP contribution in [-0.2, 0) is 0 Å². The van der Waals surface area contributed by atoms with Crippen molar-refractivity contribution in [2.45, 2.75) is 27.7 Å². The fraction of sp³-hybridized carbons (Fsp3) is 0.438. The summed E-state index contributed by atoms with van der Waals surface area (Å²) < 4.78 is 0. The number of benzene rings is 1. The Bertz CT molecular complexity index is 626. The van der Waals surface area contributed by atoms with Gasteiger partial charge in [-0.15, -0.1) is 0 Å². The minimum atomic E-state index is 0.616. The van der Waals surface area contributed by atoms with Crippen LogP contribution in [0.15, 0.2) is 12.1 Å². The Labute approximate surface area is 126 Å². The number of hydrogen-bond acceptors (Lipinski definition) is 5. The second kappa shape index (κ2) is 6.08. The lowest BCUT2D eigenvalue weighted by atomic mass is 9.99. The van der Waals surface area contributed by atoms with E-state index in [1.165, 1.54) is 16.7 Å². The van der Waals surface area contributed by atoms with Crippen LogP contribution >= 0.6 is 0 Å². The number of hydrogen-bond donors (Lipinski definition) is 1. The predicted octanol–water partition coefficient (Wildman–Crippen LogP) is 2.96. The standard InChI is InChI=1S/C16H23N5/c1-7-17-15-18-14(19-16(20-15)21(5)6)13-11(3)8-10(2)9-12(13)4/h8-9H,7H2,1-6H3,(H,17,18,19,20). The summed E-state index contributed by atoms with van der Waals surface area (Å²) in [7, 11) is 3.87. The second-order valence-electron chi connectivity index (χ2n) is 5.48. The molecule has 0 saturated heterocycles. The molecule has 112 valence electrons. The quantitative estimate of drug-likeness (QED) is 0.936. The SMILES string of the molecule is CCNc1nc(-c2c(C)cc(C)cc2C)nc(N(C)C)n1. The maximum absolute atomic E-state index is 4.60. The molecule has 1 N–H and O–H groups in total. The third-order valence-electron chi connectivity index (χ3n) is 3.26. The van der Waals surface area contributed by atoms with Gasteiger partial charge in [-0.2, -0.15) is 15.0 Å². The van der Waals surface area contributed by atoms with Crippen molar-refractivity contribution in [3.8, 4) is 11.4 Å². The Balaban J connectivity index is 2.63. The molecule has 0 amide bonds. The average molecular weight is 285 g/mol. The molecule has 0 fully saturated rings. The molecular formula is C16H23N5. The summed E-state index contributed by atoms with van der Waals surface area (Å²) in [6.45, 7) is 9.11. The molecule has 2 rings (SSSR count). The smallest absolute Gasteiger partial charge is 0.230 e. The molecule has 5 heteroatoms. The van der Waals surface area contributed by atoms with E-state index in [0.717, 1.165) is 17.9 Å². The molecule has 5 nitrogen and oxygen atoms in total. The number of anilines is 2. The molecule has 1 aromatic heterocycles. The third-order valence-corrected chi connectivity index (χ3v) is 3.26. The van der Waals surface area contributed by atoms with Crippen LogP contribution in [0.5, 0.6) is 0 Å². The van der Waals surface area contributed by atoms with Gasteiger partial charge in [-0.3, -0.25) is 0 Å².